The van der Waals surface area contributed by atoms with Crippen molar-refractivity contribution in [3.63, 3.8) is 0 Å². The molecule has 0 bridgehead atoms. The molecule has 6 heavy (non-hydrogen) atoms. The summed E-state index contributed by atoms with van der Waals surface area (Å²) >= 11 is 6.68. The largest absolute Gasteiger partial charge is 0.477 e. The SMILES string of the molecule is CC.O=[P+](S)S. The summed E-state index contributed by atoms with van der Waals surface area (Å²) in [4.78, 5) is 0. The molecule has 1 nitrogen and oxygen atoms in total. The van der Waals surface area contributed by atoms with Gasteiger partial charge in [0, 0.05) is 0 Å². The third-order valence-corrected chi connectivity index (χ3v) is 0. The minimum atomic E-state index is -1.48. The fourth-order valence-corrected chi connectivity index (χ4v) is 0. The highest BCUT2D eigenvalue weighted by Gasteiger charge is 1.88. The Bertz CT molecular complexity index is 34.5. The number of rotatable bonds is 0. The van der Waals surface area contributed by atoms with Crippen LogP contribution in [0.1, 0.15) is 13.8 Å². The third kappa shape index (κ3) is 108. The molecule has 0 spiro atoms. The van der Waals surface area contributed by atoms with E-state index in [0.717, 1.165) is 0 Å². The van der Waals surface area contributed by atoms with E-state index >= 15 is 0 Å². The van der Waals surface area contributed by atoms with E-state index in [1.165, 1.54) is 0 Å². The summed E-state index contributed by atoms with van der Waals surface area (Å²) in [5.41, 5.74) is 0. The molecule has 0 aliphatic rings. The molecule has 0 saturated heterocycles. The van der Waals surface area contributed by atoms with E-state index in [1.807, 2.05) is 13.8 Å². The lowest BCUT2D eigenvalue weighted by Crippen LogP contribution is -0.966. The van der Waals surface area contributed by atoms with E-state index in [1.54, 1.807) is 0 Å². The second-order valence-electron chi connectivity index (χ2n) is 0.253. The Morgan fingerprint density at radius 3 is 1.33 bits per heavy atom. The van der Waals surface area contributed by atoms with Gasteiger partial charge in [-0.25, -0.2) is 0 Å². The first kappa shape index (κ1) is 9.93. The molecule has 0 atom stereocenters. The van der Waals surface area contributed by atoms with Crippen LogP contribution in [0.25, 0.3) is 0 Å². The van der Waals surface area contributed by atoms with Crippen LogP contribution in [0.4, 0.5) is 0 Å². The molecule has 0 N–H and O–H groups in total. The molecule has 0 aromatic rings. The van der Waals surface area contributed by atoms with Crippen molar-refractivity contribution in [1.82, 2.24) is 0 Å². The van der Waals surface area contributed by atoms with Crippen molar-refractivity contribution < 1.29 is 4.57 Å². The summed E-state index contributed by atoms with van der Waals surface area (Å²) in [6.07, 6.45) is -1.48. The fourth-order valence-electron chi connectivity index (χ4n) is 0. The van der Waals surface area contributed by atoms with Crippen LogP contribution in [0.2, 0.25) is 0 Å². The quantitative estimate of drug-likeness (QED) is 0.393. The molecule has 0 saturated carbocycles. The van der Waals surface area contributed by atoms with Gasteiger partial charge in [-0.15, -0.1) is 0 Å². The molecular formula is C2H8OPS2+. The molecule has 0 rings (SSSR count). The lowest BCUT2D eigenvalue weighted by molar-refractivity contribution is 0.604. The molecule has 0 unspecified atom stereocenters. The number of hydrogen-bond donors (Lipinski definition) is 2. The molecule has 0 amide bonds. The van der Waals surface area contributed by atoms with Crippen molar-refractivity contribution in [2.45, 2.75) is 13.8 Å². The van der Waals surface area contributed by atoms with E-state index in [2.05, 4.69) is 24.5 Å². The standard InChI is InChI=1S/C2H6.HOPS2/c1-2;1-2(3)4/h1-2H3;(H-,1,3,4)/p+1. The zero-order valence-corrected chi connectivity index (χ0v) is 6.43. The summed E-state index contributed by atoms with van der Waals surface area (Å²) in [5, 5.41) is 0. The van der Waals surface area contributed by atoms with E-state index in [4.69, 9.17) is 0 Å². The molecule has 0 heterocycles. The average Bonchev–Trinajstić information content (AvgIpc) is 1.41. The van der Waals surface area contributed by atoms with Crippen LogP contribution in [-0.2, 0) is 4.57 Å². The zero-order chi connectivity index (χ0) is 5.58. The number of thiol groups is 2. The van der Waals surface area contributed by atoms with Gasteiger partial charge in [-0.2, -0.15) is 0 Å². The summed E-state index contributed by atoms with van der Waals surface area (Å²) in [7, 11) is 0. The van der Waals surface area contributed by atoms with Gasteiger partial charge >= 0.3 is 6.20 Å². The topological polar surface area (TPSA) is 17.1 Å². The van der Waals surface area contributed by atoms with Crippen LogP contribution in [0.5, 0.6) is 0 Å². The van der Waals surface area contributed by atoms with Crippen LogP contribution in [0, 0.1) is 0 Å². The Hall–Kier alpha value is 0.800. The minimum Gasteiger partial charge on any atom is -0.0683 e. The van der Waals surface area contributed by atoms with Gasteiger partial charge in [-0.1, -0.05) is 13.8 Å². The molecule has 4 heteroatoms. The van der Waals surface area contributed by atoms with Crippen LogP contribution < -0.4 is 0 Å². The molecular weight excluding hydrogens is 135 g/mol. The van der Waals surface area contributed by atoms with Crippen LogP contribution in [0.3, 0.4) is 0 Å². The highest BCUT2D eigenvalue weighted by molar-refractivity contribution is 8.73. The summed E-state index contributed by atoms with van der Waals surface area (Å²) in [6, 6.07) is 0. The Morgan fingerprint density at radius 2 is 1.33 bits per heavy atom. The first-order valence-corrected chi connectivity index (χ1v) is 5.15. The monoisotopic (exact) mass is 143 g/mol. The lowest BCUT2D eigenvalue weighted by atomic mass is 11.0. The van der Waals surface area contributed by atoms with Gasteiger partial charge in [-0.3, -0.25) is 0 Å². The molecule has 0 fully saturated rings. The minimum absolute atomic E-state index is 1.48. The fraction of sp³-hybridized carbons (Fsp3) is 1.00. The van der Waals surface area contributed by atoms with Crippen molar-refractivity contribution in [3.05, 3.63) is 0 Å². The molecule has 0 aliphatic carbocycles. The van der Waals surface area contributed by atoms with Gasteiger partial charge in [-0.05, 0) is 4.57 Å². The van der Waals surface area contributed by atoms with Crippen molar-refractivity contribution in [3.8, 4) is 0 Å². The van der Waals surface area contributed by atoms with Crippen molar-refractivity contribution in [2.75, 3.05) is 0 Å². The Morgan fingerprint density at radius 1 is 1.33 bits per heavy atom. The van der Waals surface area contributed by atoms with Gasteiger partial charge in [0.1, 0.15) is 24.5 Å². The highest BCUT2D eigenvalue weighted by atomic mass is 33.0. The molecule has 0 radical (unpaired) electrons. The summed E-state index contributed by atoms with van der Waals surface area (Å²) in [5.74, 6) is 0. The average molecular weight is 143 g/mol. The second kappa shape index (κ2) is 9.25. The van der Waals surface area contributed by atoms with Crippen molar-refractivity contribution >= 4 is 30.7 Å². The Kier molecular flexibility index (Phi) is 15.3. The predicted octanol–water partition coefficient (Wildman–Crippen LogP) is 2.53. The van der Waals surface area contributed by atoms with E-state index < -0.39 is 6.20 Å². The van der Waals surface area contributed by atoms with Gasteiger partial charge in [0.2, 0.25) is 0 Å². The van der Waals surface area contributed by atoms with Gasteiger partial charge in [0.25, 0.3) is 0 Å². The lowest BCUT2D eigenvalue weighted by Gasteiger charge is -1.31. The smallest absolute Gasteiger partial charge is 0.0683 e. The maximum Gasteiger partial charge on any atom is 0.477 e. The van der Waals surface area contributed by atoms with Crippen LogP contribution in [0.15, 0.2) is 0 Å². The molecule has 38 valence electrons. The van der Waals surface area contributed by atoms with Gasteiger partial charge in [0.15, 0.2) is 0 Å². The summed E-state index contributed by atoms with van der Waals surface area (Å²) < 4.78 is 9.32. The Balaban J connectivity index is 0. The van der Waals surface area contributed by atoms with Crippen LogP contribution >= 0.6 is 30.7 Å². The van der Waals surface area contributed by atoms with E-state index in [-0.39, 0.29) is 0 Å². The van der Waals surface area contributed by atoms with Crippen LogP contribution in [-0.4, -0.2) is 0 Å². The maximum atomic E-state index is 9.32. The summed E-state index contributed by atoms with van der Waals surface area (Å²) in [6.45, 7) is 4.00. The second-order valence-corrected chi connectivity index (χ2v) is 3.88. The van der Waals surface area contributed by atoms with E-state index in [0.29, 0.717) is 0 Å². The molecule has 0 aromatic carbocycles. The first-order chi connectivity index (χ1) is 2.73. The van der Waals surface area contributed by atoms with Crippen molar-refractivity contribution in [2.24, 2.45) is 0 Å². The predicted molar refractivity (Wildman–Crippen MR) is 36.9 cm³/mol. The third-order valence-electron chi connectivity index (χ3n) is 0. The maximum absolute atomic E-state index is 9.32. The normalized spacial score (nSPS) is 5.33. The van der Waals surface area contributed by atoms with E-state index in [9.17, 15) is 4.57 Å². The molecule has 0 aromatic heterocycles. The van der Waals surface area contributed by atoms with Crippen molar-refractivity contribution in [1.29, 1.82) is 0 Å². The highest BCUT2D eigenvalue weighted by Crippen LogP contribution is 2.29. The first-order valence-electron chi connectivity index (χ1n) is 1.58. The van der Waals surface area contributed by atoms with Gasteiger partial charge in [0.05, 0.1) is 0 Å². The zero-order valence-electron chi connectivity index (χ0n) is 3.75. The molecule has 0 aliphatic heterocycles. The number of hydrogen-bond acceptors (Lipinski definition) is 1. The Labute approximate surface area is 49.6 Å². The van der Waals surface area contributed by atoms with Gasteiger partial charge < -0.3 is 0 Å².